The molecule has 0 amide bonds. The van der Waals surface area contributed by atoms with Crippen molar-refractivity contribution in [1.82, 2.24) is 0 Å². The molecule has 0 bridgehead atoms. The van der Waals surface area contributed by atoms with Crippen LogP contribution in [0.3, 0.4) is 0 Å². The fraction of sp³-hybridized carbons (Fsp3) is 0.143. The molecule has 0 fully saturated rings. The van der Waals surface area contributed by atoms with Gasteiger partial charge in [0.1, 0.15) is 6.61 Å². The number of carbonyl (C=O) groups excluding carboxylic acids is 1. The summed E-state index contributed by atoms with van der Waals surface area (Å²) in [6.45, 7) is -0.182. The summed E-state index contributed by atoms with van der Waals surface area (Å²) in [4.78, 5) is 21.1. The Morgan fingerprint density at radius 3 is 2.57 bits per heavy atom. The van der Waals surface area contributed by atoms with Gasteiger partial charge in [0.05, 0.1) is 5.56 Å². The van der Waals surface area contributed by atoms with E-state index in [2.05, 4.69) is 4.74 Å². The molecule has 1 rings (SSSR count). The zero-order valence-electron chi connectivity index (χ0n) is 10.6. The van der Waals surface area contributed by atoms with Crippen LogP contribution in [0.2, 0.25) is 0 Å². The van der Waals surface area contributed by atoms with E-state index < -0.39 is 23.7 Å². The van der Waals surface area contributed by atoms with Crippen molar-refractivity contribution >= 4 is 18.0 Å². The van der Waals surface area contributed by atoms with E-state index in [4.69, 9.17) is 5.11 Å². The van der Waals surface area contributed by atoms with Gasteiger partial charge in [-0.3, -0.25) is 0 Å². The van der Waals surface area contributed by atoms with Crippen molar-refractivity contribution in [3.05, 3.63) is 53.6 Å². The predicted molar refractivity (Wildman–Crippen MR) is 68.2 cm³/mol. The van der Waals surface area contributed by atoms with E-state index in [0.717, 1.165) is 18.2 Å². The monoisotopic (exact) mass is 300 g/mol. The number of halogens is 3. The fourth-order valence-corrected chi connectivity index (χ4v) is 1.32. The van der Waals surface area contributed by atoms with Crippen LogP contribution in [0.1, 0.15) is 11.1 Å². The molecule has 1 aromatic carbocycles. The highest BCUT2D eigenvalue weighted by atomic mass is 19.4. The van der Waals surface area contributed by atoms with Gasteiger partial charge in [-0.05, 0) is 23.8 Å². The third kappa shape index (κ3) is 6.42. The maximum atomic E-state index is 12.5. The molecule has 0 unspecified atom stereocenters. The van der Waals surface area contributed by atoms with Crippen LogP contribution in [0.25, 0.3) is 6.08 Å². The van der Waals surface area contributed by atoms with Gasteiger partial charge < -0.3 is 9.84 Å². The number of rotatable bonds is 5. The van der Waals surface area contributed by atoms with Gasteiger partial charge in [0, 0.05) is 12.2 Å². The summed E-state index contributed by atoms with van der Waals surface area (Å²) < 4.78 is 42.0. The SMILES string of the molecule is O=C(O)/C=C\C(=O)OCC=Cc1cccc(C(F)(F)F)c1. The minimum absolute atomic E-state index is 0.182. The first kappa shape index (κ1) is 16.5. The standard InChI is InChI=1S/C14H11F3O4/c15-14(16,17)11-5-1-3-10(9-11)4-2-8-21-13(20)7-6-12(18)19/h1-7,9H,8H2,(H,18,19)/b4-2?,7-6-. The van der Waals surface area contributed by atoms with Crippen molar-refractivity contribution in [3.63, 3.8) is 0 Å². The van der Waals surface area contributed by atoms with Crippen LogP contribution in [0.15, 0.2) is 42.5 Å². The molecule has 0 aromatic heterocycles. The summed E-state index contributed by atoms with van der Waals surface area (Å²) in [7, 11) is 0. The zero-order chi connectivity index (χ0) is 15.9. The van der Waals surface area contributed by atoms with Crippen LogP contribution in [0.5, 0.6) is 0 Å². The van der Waals surface area contributed by atoms with Gasteiger partial charge in [0.2, 0.25) is 0 Å². The number of esters is 1. The lowest BCUT2D eigenvalue weighted by atomic mass is 10.1. The van der Waals surface area contributed by atoms with Crippen LogP contribution in [-0.2, 0) is 20.5 Å². The summed E-state index contributed by atoms with van der Waals surface area (Å²) in [6, 6.07) is 4.65. The first-order valence-electron chi connectivity index (χ1n) is 5.70. The largest absolute Gasteiger partial charge is 0.478 e. The molecule has 0 aliphatic heterocycles. The third-order valence-electron chi connectivity index (χ3n) is 2.21. The summed E-state index contributed by atoms with van der Waals surface area (Å²) in [6.07, 6.45) is -0.345. The molecular formula is C14H11F3O4. The van der Waals surface area contributed by atoms with E-state index in [0.29, 0.717) is 11.6 Å². The molecule has 0 aliphatic carbocycles. The normalized spacial score (nSPS) is 12.0. The predicted octanol–water partition coefficient (Wildman–Crippen LogP) is 2.90. The number of carboxylic acid groups (broad SMARTS) is 1. The van der Waals surface area contributed by atoms with Gasteiger partial charge in [-0.1, -0.05) is 18.2 Å². The topological polar surface area (TPSA) is 63.6 Å². The lowest BCUT2D eigenvalue weighted by molar-refractivity contribution is -0.138. The van der Waals surface area contributed by atoms with Gasteiger partial charge in [-0.15, -0.1) is 0 Å². The molecule has 0 aliphatic rings. The second-order valence-electron chi connectivity index (χ2n) is 3.83. The van der Waals surface area contributed by atoms with Gasteiger partial charge >= 0.3 is 18.1 Å². The minimum Gasteiger partial charge on any atom is -0.478 e. The van der Waals surface area contributed by atoms with Gasteiger partial charge in [-0.25, -0.2) is 9.59 Å². The number of hydrogen-bond donors (Lipinski definition) is 1. The van der Waals surface area contributed by atoms with E-state index in [1.54, 1.807) is 0 Å². The van der Waals surface area contributed by atoms with Gasteiger partial charge in [0.25, 0.3) is 0 Å². The van der Waals surface area contributed by atoms with Gasteiger partial charge in [-0.2, -0.15) is 13.2 Å². The van der Waals surface area contributed by atoms with Crippen LogP contribution >= 0.6 is 0 Å². The maximum Gasteiger partial charge on any atom is 0.416 e. The van der Waals surface area contributed by atoms with Crippen molar-refractivity contribution in [2.24, 2.45) is 0 Å². The van der Waals surface area contributed by atoms with Crippen LogP contribution in [0.4, 0.5) is 13.2 Å². The maximum absolute atomic E-state index is 12.5. The van der Waals surface area contributed by atoms with Crippen LogP contribution < -0.4 is 0 Å². The fourth-order valence-electron chi connectivity index (χ4n) is 1.32. The van der Waals surface area contributed by atoms with Crippen molar-refractivity contribution in [2.75, 3.05) is 6.61 Å². The number of ether oxygens (including phenoxy) is 1. The zero-order valence-corrected chi connectivity index (χ0v) is 10.6. The molecule has 0 saturated carbocycles. The lowest BCUT2D eigenvalue weighted by Gasteiger charge is -2.06. The minimum atomic E-state index is -4.42. The van der Waals surface area contributed by atoms with Crippen LogP contribution in [-0.4, -0.2) is 23.7 Å². The smallest absolute Gasteiger partial charge is 0.416 e. The number of alkyl halides is 3. The second kappa shape index (κ2) is 7.28. The van der Waals surface area contributed by atoms with E-state index in [1.807, 2.05) is 0 Å². The Morgan fingerprint density at radius 1 is 1.24 bits per heavy atom. The Bertz CT molecular complexity index is 574. The number of hydrogen-bond acceptors (Lipinski definition) is 3. The van der Waals surface area contributed by atoms with E-state index >= 15 is 0 Å². The first-order chi connectivity index (χ1) is 9.79. The van der Waals surface area contributed by atoms with E-state index in [-0.39, 0.29) is 6.61 Å². The summed E-state index contributed by atoms with van der Waals surface area (Å²) in [5.41, 5.74) is -0.465. The number of aliphatic carboxylic acids is 1. The Balaban J connectivity index is 2.55. The molecule has 7 heteroatoms. The Kier molecular flexibility index (Phi) is 5.71. The first-order valence-corrected chi connectivity index (χ1v) is 5.70. The van der Waals surface area contributed by atoms with E-state index in [9.17, 15) is 22.8 Å². The number of benzene rings is 1. The molecular weight excluding hydrogens is 289 g/mol. The van der Waals surface area contributed by atoms with Crippen molar-refractivity contribution in [2.45, 2.75) is 6.18 Å². The summed E-state index contributed by atoms with van der Waals surface area (Å²) in [5, 5.41) is 8.27. The Morgan fingerprint density at radius 2 is 1.95 bits per heavy atom. The number of carboxylic acids is 1. The van der Waals surface area contributed by atoms with Crippen molar-refractivity contribution in [1.29, 1.82) is 0 Å². The van der Waals surface area contributed by atoms with Crippen LogP contribution in [0, 0.1) is 0 Å². The molecule has 0 atom stereocenters. The molecule has 4 nitrogen and oxygen atoms in total. The summed E-state index contributed by atoms with van der Waals surface area (Å²) in [5.74, 6) is -2.14. The molecule has 0 heterocycles. The molecule has 0 saturated heterocycles. The highest BCUT2D eigenvalue weighted by molar-refractivity contribution is 5.90. The molecule has 1 aromatic rings. The molecule has 0 spiro atoms. The average Bonchev–Trinajstić information content (AvgIpc) is 2.41. The lowest BCUT2D eigenvalue weighted by Crippen LogP contribution is -2.04. The molecule has 1 N–H and O–H groups in total. The third-order valence-corrected chi connectivity index (χ3v) is 2.21. The van der Waals surface area contributed by atoms with Crippen molar-refractivity contribution in [3.8, 4) is 0 Å². The second-order valence-corrected chi connectivity index (χ2v) is 3.83. The van der Waals surface area contributed by atoms with E-state index in [1.165, 1.54) is 24.3 Å². The average molecular weight is 300 g/mol. The molecule has 21 heavy (non-hydrogen) atoms. The highest BCUT2D eigenvalue weighted by Gasteiger charge is 2.30. The summed E-state index contributed by atoms with van der Waals surface area (Å²) >= 11 is 0. The van der Waals surface area contributed by atoms with Gasteiger partial charge in [0.15, 0.2) is 0 Å². The Hall–Kier alpha value is -2.57. The molecule has 112 valence electrons. The quantitative estimate of drug-likeness (QED) is 0.671. The Labute approximate surface area is 118 Å². The van der Waals surface area contributed by atoms with Crippen molar-refractivity contribution < 1.29 is 32.6 Å². The molecule has 0 radical (unpaired) electrons. The highest BCUT2D eigenvalue weighted by Crippen LogP contribution is 2.29. The number of carbonyl (C=O) groups is 2.